The molecular weight excluding hydrogens is 226 g/mol. The molecule has 1 amide bonds. The van der Waals surface area contributed by atoms with Crippen LogP contribution in [0.25, 0.3) is 0 Å². The summed E-state index contributed by atoms with van der Waals surface area (Å²) in [7, 11) is 0. The highest BCUT2D eigenvalue weighted by Crippen LogP contribution is 2.33. The zero-order chi connectivity index (χ0) is 11.4. The van der Waals surface area contributed by atoms with E-state index in [1.165, 1.54) is 5.56 Å². The van der Waals surface area contributed by atoms with Gasteiger partial charge in [0.15, 0.2) is 0 Å². The molecule has 16 heavy (non-hydrogen) atoms. The summed E-state index contributed by atoms with van der Waals surface area (Å²) in [5.41, 5.74) is 1.18. The molecule has 1 unspecified atom stereocenters. The van der Waals surface area contributed by atoms with Crippen LogP contribution in [-0.4, -0.2) is 35.9 Å². The summed E-state index contributed by atoms with van der Waals surface area (Å²) in [4.78, 5) is 13.5. The summed E-state index contributed by atoms with van der Waals surface area (Å²) in [5, 5.41) is 12.7. The standard InChI is InChI=1S/C11H15NO3S/c13-5-6-15-11(14)12-4-1-2-10(12)9-3-7-16-8-9/h3,7-8,10,13H,1-2,4-6H2. The van der Waals surface area contributed by atoms with Crippen LogP contribution in [-0.2, 0) is 4.74 Å². The van der Waals surface area contributed by atoms with Crippen molar-refractivity contribution in [2.45, 2.75) is 18.9 Å². The molecule has 1 N–H and O–H groups in total. The molecule has 0 radical (unpaired) electrons. The van der Waals surface area contributed by atoms with Crippen molar-refractivity contribution in [3.8, 4) is 0 Å². The highest BCUT2D eigenvalue weighted by atomic mass is 32.1. The minimum absolute atomic E-state index is 0.0751. The molecule has 1 fully saturated rings. The number of thiophene rings is 1. The van der Waals surface area contributed by atoms with Crippen molar-refractivity contribution in [3.63, 3.8) is 0 Å². The lowest BCUT2D eigenvalue weighted by Crippen LogP contribution is -2.31. The lowest BCUT2D eigenvalue weighted by Gasteiger charge is -2.23. The molecule has 0 bridgehead atoms. The number of nitrogens with zero attached hydrogens (tertiary/aromatic N) is 1. The zero-order valence-corrected chi connectivity index (χ0v) is 9.78. The van der Waals surface area contributed by atoms with Crippen molar-refractivity contribution in [2.75, 3.05) is 19.8 Å². The first-order chi connectivity index (χ1) is 7.83. The third-order valence-electron chi connectivity index (χ3n) is 2.73. The average molecular weight is 241 g/mol. The Morgan fingerprint density at radius 3 is 3.25 bits per heavy atom. The summed E-state index contributed by atoms with van der Waals surface area (Å²) < 4.78 is 4.94. The topological polar surface area (TPSA) is 49.8 Å². The number of carbonyl (C=O) groups is 1. The summed E-state index contributed by atoms with van der Waals surface area (Å²) in [6.07, 6.45) is 1.68. The number of aliphatic hydroxyl groups is 1. The van der Waals surface area contributed by atoms with E-state index < -0.39 is 0 Å². The second-order valence-electron chi connectivity index (χ2n) is 3.75. The van der Waals surface area contributed by atoms with E-state index in [4.69, 9.17) is 9.84 Å². The Labute approximate surface area is 98.4 Å². The monoisotopic (exact) mass is 241 g/mol. The lowest BCUT2D eigenvalue weighted by atomic mass is 10.1. The molecule has 2 heterocycles. The molecule has 0 spiro atoms. The van der Waals surface area contributed by atoms with Crippen LogP contribution in [0.15, 0.2) is 16.8 Å². The van der Waals surface area contributed by atoms with E-state index in [1.807, 2.05) is 11.4 Å². The number of aliphatic hydroxyl groups excluding tert-OH is 1. The molecule has 1 aromatic heterocycles. The number of likely N-dealkylation sites (tertiary alicyclic amines) is 1. The van der Waals surface area contributed by atoms with E-state index in [0.29, 0.717) is 0 Å². The molecule has 1 aliphatic rings. The fourth-order valence-corrected chi connectivity index (χ4v) is 2.72. The van der Waals surface area contributed by atoms with Crippen LogP contribution in [0.4, 0.5) is 4.79 Å². The van der Waals surface area contributed by atoms with Crippen molar-refractivity contribution in [1.82, 2.24) is 4.90 Å². The van der Waals surface area contributed by atoms with Crippen molar-refractivity contribution in [3.05, 3.63) is 22.4 Å². The van der Waals surface area contributed by atoms with Crippen LogP contribution < -0.4 is 0 Å². The van der Waals surface area contributed by atoms with Gasteiger partial charge in [0.2, 0.25) is 0 Å². The first-order valence-electron chi connectivity index (χ1n) is 5.39. The third-order valence-corrected chi connectivity index (χ3v) is 3.43. The first-order valence-corrected chi connectivity index (χ1v) is 6.33. The third kappa shape index (κ3) is 2.36. The van der Waals surface area contributed by atoms with Gasteiger partial charge in [-0.25, -0.2) is 4.79 Å². The van der Waals surface area contributed by atoms with Crippen LogP contribution in [0.3, 0.4) is 0 Å². The van der Waals surface area contributed by atoms with Crippen LogP contribution in [0.5, 0.6) is 0 Å². The number of amides is 1. The van der Waals surface area contributed by atoms with Gasteiger partial charge < -0.3 is 14.7 Å². The molecular formula is C11H15NO3S. The fourth-order valence-electron chi connectivity index (χ4n) is 2.01. The highest BCUT2D eigenvalue weighted by molar-refractivity contribution is 7.07. The molecule has 1 aromatic rings. The van der Waals surface area contributed by atoms with E-state index >= 15 is 0 Å². The zero-order valence-electron chi connectivity index (χ0n) is 8.96. The molecule has 2 rings (SSSR count). The van der Waals surface area contributed by atoms with E-state index in [1.54, 1.807) is 16.2 Å². The van der Waals surface area contributed by atoms with Gasteiger partial charge >= 0.3 is 6.09 Å². The van der Waals surface area contributed by atoms with Crippen LogP contribution in [0, 0.1) is 0 Å². The Kier molecular flexibility index (Phi) is 3.79. The van der Waals surface area contributed by atoms with Gasteiger partial charge in [-0.05, 0) is 35.2 Å². The summed E-state index contributed by atoms with van der Waals surface area (Å²) in [6.45, 7) is 0.694. The van der Waals surface area contributed by atoms with Crippen molar-refractivity contribution in [2.24, 2.45) is 0 Å². The van der Waals surface area contributed by atoms with Crippen molar-refractivity contribution >= 4 is 17.4 Å². The molecule has 1 atom stereocenters. The smallest absolute Gasteiger partial charge is 0.410 e. The van der Waals surface area contributed by atoms with E-state index in [9.17, 15) is 4.79 Å². The normalized spacial score (nSPS) is 20.1. The van der Waals surface area contributed by atoms with E-state index in [0.717, 1.165) is 19.4 Å². The van der Waals surface area contributed by atoms with Crippen molar-refractivity contribution in [1.29, 1.82) is 0 Å². The number of carbonyl (C=O) groups excluding carboxylic acids is 1. The first kappa shape index (κ1) is 11.4. The number of rotatable bonds is 3. The van der Waals surface area contributed by atoms with Crippen molar-refractivity contribution < 1.29 is 14.6 Å². The molecule has 4 nitrogen and oxygen atoms in total. The Balaban J connectivity index is 2.01. The van der Waals surface area contributed by atoms with Crippen LogP contribution in [0.1, 0.15) is 24.4 Å². The summed E-state index contributed by atoms with van der Waals surface area (Å²) in [5.74, 6) is 0. The molecule has 1 saturated heterocycles. The Morgan fingerprint density at radius 1 is 1.69 bits per heavy atom. The van der Waals surface area contributed by atoms with Gasteiger partial charge in [0.25, 0.3) is 0 Å². The quantitative estimate of drug-likeness (QED) is 0.880. The van der Waals surface area contributed by atoms with Crippen LogP contribution >= 0.6 is 11.3 Å². The van der Waals surface area contributed by atoms with Gasteiger partial charge in [-0.1, -0.05) is 0 Å². The minimum atomic E-state index is -0.317. The maximum atomic E-state index is 11.7. The van der Waals surface area contributed by atoms with Gasteiger partial charge in [-0.3, -0.25) is 0 Å². The molecule has 88 valence electrons. The molecule has 0 saturated carbocycles. The lowest BCUT2D eigenvalue weighted by molar-refractivity contribution is 0.0807. The number of hydrogen-bond donors (Lipinski definition) is 1. The Bertz CT molecular complexity index is 339. The Hall–Kier alpha value is -1.07. The second-order valence-corrected chi connectivity index (χ2v) is 4.53. The average Bonchev–Trinajstić information content (AvgIpc) is 2.94. The predicted molar refractivity (Wildman–Crippen MR) is 61.4 cm³/mol. The summed E-state index contributed by atoms with van der Waals surface area (Å²) in [6, 6.07) is 2.20. The summed E-state index contributed by atoms with van der Waals surface area (Å²) >= 11 is 1.64. The minimum Gasteiger partial charge on any atom is -0.447 e. The maximum Gasteiger partial charge on any atom is 0.410 e. The van der Waals surface area contributed by atoms with E-state index in [2.05, 4.69) is 5.38 Å². The fraction of sp³-hybridized carbons (Fsp3) is 0.545. The molecule has 1 aliphatic heterocycles. The molecule has 5 heteroatoms. The van der Waals surface area contributed by atoms with Gasteiger partial charge in [-0.2, -0.15) is 11.3 Å². The van der Waals surface area contributed by atoms with Crippen LogP contribution in [0.2, 0.25) is 0 Å². The van der Waals surface area contributed by atoms with Gasteiger partial charge in [0, 0.05) is 6.54 Å². The second kappa shape index (κ2) is 5.32. The molecule has 0 aliphatic carbocycles. The number of ether oxygens (including phenoxy) is 1. The number of hydrogen-bond acceptors (Lipinski definition) is 4. The maximum absolute atomic E-state index is 11.7. The highest BCUT2D eigenvalue weighted by Gasteiger charge is 2.31. The predicted octanol–water partition coefficient (Wildman–Crippen LogP) is 2.01. The van der Waals surface area contributed by atoms with E-state index in [-0.39, 0.29) is 25.3 Å². The Morgan fingerprint density at radius 2 is 2.56 bits per heavy atom. The van der Waals surface area contributed by atoms with Gasteiger partial charge in [-0.15, -0.1) is 0 Å². The largest absolute Gasteiger partial charge is 0.447 e. The van der Waals surface area contributed by atoms with Gasteiger partial charge in [0.1, 0.15) is 6.61 Å². The SMILES string of the molecule is O=C(OCCO)N1CCCC1c1ccsc1. The molecule has 0 aromatic carbocycles. The van der Waals surface area contributed by atoms with Gasteiger partial charge in [0.05, 0.1) is 12.6 Å².